The summed E-state index contributed by atoms with van der Waals surface area (Å²) in [5, 5.41) is 2.47. The highest BCUT2D eigenvalue weighted by Gasteiger charge is 2.16. The van der Waals surface area contributed by atoms with Crippen LogP contribution in [0.5, 0.6) is 0 Å². The number of carbonyl (C=O) groups excluding carboxylic acids is 1. The van der Waals surface area contributed by atoms with Gasteiger partial charge in [-0.1, -0.05) is 0 Å². The molecular weight excluding hydrogens is 382 g/mol. The van der Waals surface area contributed by atoms with E-state index in [0.717, 1.165) is 13.0 Å². The van der Waals surface area contributed by atoms with Crippen LogP contribution in [0.1, 0.15) is 17.3 Å². The lowest BCUT2D eigenvalue weighted by Crippen LogP contribution is -2.04. The third-order valence-corrected chi connectivity index (χ3v) is 3.33. The standard InChI is InChI=1S/C14H9F3INO/c1-7(20)9-3-5-12(14(17)13(9)16)19-11-4-2-8(18)6-10(11)15/h2-6,19H,1H3. The number of benzene rings is 2. The van der Waals surface area contributed by atoms with Crippen LogP contribution in [0.25, 0.3) is 0 Å². The number of Topliss-reactive ketones (excluding diaryl/α,β-unsaturated/α-hetero) is 1. The smallest absolute Gasteiger partial charge is 0.182 e. The second kappa shape index (κ2) is 5.82. The third-order valence-electron chi connectivity index (χ3n) is 2.66. The van der Waals surface area contributed by atoms with E-state index >= 15 is 0 Å². The first-order valence-electron chi connectivity index (χ1n) is 5.61. The number of nitrogens with one attached hydrogen (secondary N) is 1. The Morgan fingerprint density at radius 2 is 1.70 bits per heavy atom. The second-order valence-electron chi connectivity index (χ2n) is 4.09. The minimum Gasteiger partial charge on any atom is -0.351 e. The molecular formula is C14H9F3INO. The largest absolute Gasteiger partial charge is 0.351 e. The molecule has 0 radical (unpaired) electrons. The predicted octanol–water partition coefficient (Wildman–Crippen LogP) is 4.65. The summed E-state index contributed by atoms with van der Waals surface area (Å²) in [6.45, 7) is 1.14. The molecule has 6 heteroatoms. The summed E-state index contributed by atoms with van der Waals surface area (Å²) in [6.07, 6.45) is 0. The van der Waals surface area contributed by atoms with Crippen molar-refractivity contribution in [1.29, 1.82) is 0 Å². The molecule has 0 bridgehead atoms. The van der Waals surface area contributed by atoms with Gasteiger partial charge < -0.3 is 5.32 Å². The Balaban J connectivity index is 2.39. The second-order valence-corrected chi connectivity index (χ2v) is 5.34. The molecule has 0 aliphatic carbocycles. The first-order chi connectivity index (χ1) is 9.40. The summed E-state index contributed by atoms with van der Waals surface area (Å²) in [7, 11) is 0. The molecule has 20 heavy (non-hydrogen) atoms. The third kappa shape index (κ3) is 2.95. The maximum absolute atomic E-state index is 13.8. The molecule has 0 aliphatic heterocycles. The van der Waals surface area contributed by atoms with Crippen LogP contribution < -0.4 is 5.32 Å². The van der Waals surface area contributed by atoms with Crippen molar-refractivity contribution in [3.8, 4) is 0 Å². The van der Waals surface area contributed by atoms with E-state index in [9.17, 15) is 18.0 Å². The minimum absolute atomic E-state index is 0.0271. The lowest BCUT2D eigenvalue weighted by molar-refractivity contribution is 0.101. The average molecular weight is 391 g/mol. The number of anilines is 2. The molecule has 1 N–H and O–H groups in total. The first-order valence-corrected chi connectivity index (χ1v) is 6.69. The molecule has 0 saturated heterocycles. The van der Waals surface area contributed by atoms with Gasteiger partial charge >= 0.3 is 0 Å². The van der Waals surface area contributed by atoms with Crippen LogP contribution in [0.3, 0.4) is 0 Å². The van der Waals surface area contributed by atoms with Gasteiger partial charge in [-0.2, -0.15) is 0 Å². The molecule has 0 heterocycles. The molecule has 2 aromatic carbocycles. The highest BCUT2D eigenvalue weighted by Crippen LogP contribution is 2.26. The Kier molecular flexibility index (Phi) is 4.32. The minimum atomic E-state index is -1.24. The molecule has 0 spiro atoms. The van der Waals surface area contributed by atoms with E-state index in [1.807, 2.05) is 22.6 Å². The van der Waals surface area contributed by atoms with E-state index in [2.05, 4.69) is 5.32 Å². The summed E-state index contributed by atoms with van der Waals surface area (Å²) < 4.78 is 41.8. The molecule has 0 amide bonds. The Morgan fingerprint density at radius 1 is 1.05 bits per heavy atom. The Hall–Kier alpha value is -1.57. The number of halogens is 4. The van der Waals surface area contributed by atoms with Gasteiger partial charge in [-0.3, -0.25) is 4.79 Å². The predicted molar refractivity (Wildman–Crippen MR) is 78.8 cm³/mol. The summed E-state index contributed by atoms with van der Waals surface area (Å²) in [5.74, 6) is -3.61. The van der Waals surface area contributed by atoms with Gasteiger partial charge in [0, 0.05) is 3.57 Å². The molecule has 0 unspecified atom stereocenters. The van der Waals surface area contributed by atoms with Crippen molar-refractivity contribution < 1.29 is 18.0 Å². The number of rotatable bonds is 3. The van der Waals surface area contributed by atoms with E-state index in [4.69, 9.17) is 0 Å². The zero-order valence-electron chi connectivity index (χ0n) is 10.3. The number of ketones is 1. The molecule has 0 aromatic heterocycles. The molecule has 2 rings (SSSR count). The lowest BCUT2D eigenvalue weighted by atomic mass is 10.1. The number of carbonyl (C=O) groups is 1. The topological polar surface area (TPSA) is 29.1 Å². The van der Waals surface area contributed by atoms with E-state index in [1.165, 1.54) is 18.2 Å². The van der Waals surface area contributed by atoms with Crippen LogP contribution in [0.4, 0.5) is 24.5 Å². The van der Waals surface area contributed by atoms with E-state index < -0.39 is 23.2 Å². The monoisotopic (exact) mass is 391 g/mol. The van der Waals surface area contributed by atoms with Crippen molar-refractivity contribution in [2.45, 2.75) is 6.92 Å². The Bertz CT molecular complexity index is 688. The molecule has 0 atom stereocenters. The maximum atomic E-state index is 13.8. The van der Waals surface area contributed by atoms with Crippen molar-refractivity contribution in [3.63, 3.8) is 0 Å². The quantitative estimate of drug-likeness (QED) is 0.610. The normalized spacial score (nSPS) is 10.4. The van der Waals surface area contributed by atoms with Gasteiger partial charge in [0.1, 0.15) is 5.82 Å². The van der Waals surface area contributed by atoms with Crippen molar-refractivity contribution in [1.82, 2.24) is 0 Å². The van der Waals surface area contributed by atoms with Gasteiger partial charge in [0.2, 0.25) is 0 Å². The number of hydrogen-bond acceptors (Lipinski definition) is 2. The van der Waals surface area contributed by atoms with Crippen molar-refractivity contribution in [2.24, 2.45) is 0 Å². The van der Waals surface area contributed by atoms with Gasteiger partial charge in [0.05, 0.1) is 16.9 Å². The van der Waals surface area contributed by atoms with E-state index in [1.54, 1.807) is 6.07 Å². The Morgan fingerprint density at radius 3 is 2.30 bits per heavy atom. The lowest BCUT2D eigenvalue weighted by Gasteiger charge is -2.10. The molecule has 0 aliphatic rings. The SMILES string of the molecule is CC(=O)c1ccc(Nc2ccc(I)cc2F)c(F)c1F. The van der Waals surface area contributed by atoms with Crippen LogP contribution in [-0.2, 0) is 0 Å². The van der Waals surface area contributed by atoms with Crippen LogP contribution in [0, 0.1) is 21.0 Å². The van der Waals surface area contributed by atoms with Crippen molar-refractivity contribution >= 4 is 39.7 Å². The zero-order chi connectivity index (χ0) is 14.9. The fraction of sp³-hybridized carbons (Fsp3) is 0.0714. The van der Waals surface area contributed by atoms with Gasteiger partial charge in [-0.05, 0) is 59.8 Å². The summed E-state index contributed by atoms with van der Waals surface area (Å²) in [5.41, 5.74) is -0.539. The number of hydrogen-bond donors (Lipinski definition) is 1. The molecule has 0 saturated carbocycles. The molecule has 104 valence electrons. The molecule has 2 nitrogen and oxygen atoms in total. The molecule has 2 aromatic rings. The van der Waals surface area contributed by atoms with E-state index in [0.29, 0.717) is 3.57 Å². The fourth-order valence-corrected chi connectivity index (χ4v) is 2.11. The zero-order valence-corrected chi connectivity index (χ0v) is 12.5. The highest BCUT2D eigenvalue weighted by molar-refractivity contribution is 14.1. The van der Waals surface area contributed by atoms with Gasteiger partial charge in [0.15, 0.2) is 17.4 Å². The van der Waals surface area contributed by atoms with Crippen LogP contribution in [0.2, 0.25) is 0 Å². The summed E-state index contributed by atoms with van der Waals surface area (Å²) >= 11 is 1.94. The Labute approximate surface area is 127 Å². The first kappa shape index (κ1) is 14.8. The van der Waals surface area contributed by atoms with Crippen LogP contribution >= 0.6 is 22.6 Å². The van der Waals surface area contributed by atoms with Gasteiger partial charge in [0.25, 0.3) is 0 Å². The average Bonchev–Trinajstić information content (AvgIpc) is 2.37. The van der Waals surface area contributed by atoms with Crippen LogP contribution in [0.15, 0.2) is 30.3 Å². The van der Waals surface area contributed by atoms with Crippen molar-refractivity contribution in [2.75, 3.05) is 5.32 Å². The highest BCUT2D eigenvalue weighted by atomic mass is 127. The fourth-order valence-electron chi connectivity index (χ4n) is 1.65. The van der Waals surface area contributed by atoms with Crippen LogP contribution in [-0.4, -0.2) is 5.78 Å². The summed E-state index contributed by atoms with van der Waals surface area (Å²) in [4.78, 5) is 11.1. The maximum Gasteiger partial charge on any atom is 0.182 e. The molecule has 0 fully saturated rings. The summed E-state index contributed by atoms with van der Waals surface area (Å²) in [6, 6.07) is 6.68. The van der Waals surface area contributed by atoms with Crippen molar-refractivity contribution in [3.05, 3.63) is 56.9 Å². The van der Waals surface area contributed by atoms with Gasteiger partial charge in [-0.15, -0.1) is 0 Å². The van der Waals surface area contributed by atoms with E-state index in [-0.39, 0.29) is 16.9 Å². The van der Waals surface area contributed by atoms with Gasteiger partial charge in [-0.25, -0.2) is 13.2 Å².